The van der Waals surface area contributed by atoms with E-state index < -0.39 is 60.5 Å². The first-order chi connectivity index (χ1) is 19.0. The summed E-state index contributed by atoms with van der Waals surface area (Å²) in [6.45, 7) is 18.0. The van der Waals surface area contributed by atoms with Crippen LogP contribution in [0.25, 0.3) is 0 Å². The fraction of sp³-hybridized carbons (Fsp3) is 0.500. The third-order valence-electron chi connectivity index (χ3n) is 6.08. The number of nitrogens with one attached hydrogen (secondary N) is 2. The summed E-state index contributed by atoms with van der Waals surface area (Å²) in [4.78, 5) is 23.1. The predicted octanol–water partition coefficient (Wildman–Crippen LogP) is 4.32. The van der Waals surface area contributed by atoms with Gasteiger partial charge in [-0.25, -0.2) is 18.4 Å². The van der Waals surface area contributed by atoms with Crippen LogP contribution in [0.5, 0.6) is 0 Å². The van der Waals surface area contributed by atoms with Gasteiger partial charge in [0.05, 0.1) is 11.2 Å². The Labute approximate surface area is 246 Å². The van der Waals surface area contributed by atoms with Crippen LogP contribution in [0, 0.1) is 11.6 Å². The van der Waals surface area contributed by atoms with Crippen molar-refractivity contribution >= 4 is 48.7 Å². The van der Waals surface area contributed by atoms with Gasteiger partial charge in [-0.05, 0) is 93.5 Å². The standard InChI is InChI=1S/C17H25BFNO4.C11H15BFNO4/c1-15(2,3)22-14(21)20-11-8-9-12(13(19)10-11)18-23-16(4,5)17(6,7)24-18;1-11(2,3)18-10(15)14-7-4-5-8(12(16)17)9(13)6-7/h8-10H,1-7H3,(H,20,21);4-6,16-17H,1-3H3,(H,14,15). The van der Waals surface area contributed by atoms with Crippen molar-refractivity contribution in [2.45, 2.75) is 91.6 Å². The molecule has 0 aliphatic carbocycles. The number of carbonyl (C=O) groups is 2. The molecule has 3 rings (SSSR count). The largest absolute Gasteiger partial charge is 0.497 e. The molecule has 1 aliphatic heterocycles. The van der Waals surface area contributed by atoms with E-state index in [0.717, 1.165) is 6.07 Å². The molecule has 14 heteroatoms. The summed E-state index contributed by atoms with van der Waals surface area (Å²) in [6.07, 6.45) is -1.34. The molecule has 2 aromatic carbocycles. The molecule has 0 unspecified atom stereocenters. The SMILES string of the molecule is CC(C)(C)OC(=O)Nc1ccc(B(O)O)c(F)c1.CC(C)(C)OC(=O)Nc1ccc(B2OC(C)(C)C(C)(C)O2)c(F)c1. The maximum atomic E-state index is 14.4. The summed E-state index contributed by atoms with van der Waals surface area (Å²) in [5.41, 5.74) is -1.84. The number of rotatable bonds is 4. The Morgan fingerprint density at radius 2 is 1.19 bits per heavy atom. The third-order valence-corrected chi connectivity index (χ3v) is 6.08. The molecular weight excluding hydrogens is 552 g/mol. The molecule has 2 aromatic rings. The summed E-state index contributed by atoms with van der Waals surface area (Å²) in [7, 11) is -2.67. The lowest BCUT2D eigenvalue weighted by Gasteiger charge is -2.32. The second-order valence-corrected chi connectivity index (χ2v) is 12.7. The van der Waals surface area contributed by atoms with Gasteiger partial charge in [-0.1, -0.05) is 12.1 Å². The van der Waals surface area contributed by atoms with E-state index in [2.05, 4.69) is 10.6 Å². The van der Waals surface area contributed by atoms with E-state index in [9.17, 15) is 18.4 Å². The van der Waals surface area contributed by atoms with Gasteiger partial charge in [0.25, 0.3) is 0 Å². The van der Waals surface area contributed by atoms with Crippen molar-refractivity contribution in [1.29, 1.82) is 0 Å². The minimum absolute atomic E-state index is 0.172. The van der Waals surface area contributed by atoms with Crippen molar-refractivity contribution in [3.8, 4) is 0 Å². The number of benzene rings is 2. The van der Waals surface area contributed by atoms with Crippen LogP contribution in [0.2, 0.25) is 0 Å². The fourth-order valence-electron chi connectivity index (χ4n) is 3.42. The van der Waals surface area contributed by atoms with Gasteiger partial charge in [-0.15, -0.1) is 0 Å². The van der Waals surface area contributed by atoms with Crippen molar-refractivity contribution in [3.63, 3.8) is 0 Å². The highest BCUT2D eigenvalue weighted by atomic mass is 19.1. The van der Waals surface area contributed by atoms with E-state index in [0.29, 0.717) is 11.2 Å². The van der Waals surface area contributed by atoms with E-state index in [1.807, 2.05) is 27.7 Å². The summed E-state index contributed by atoms with van der Waals surface area (Å²) in [5, 5.41) is 22.5. The molecule has 0 bridgehead atoms. The van der Waals surface area contributed by atoms with E-state index in [4.69, 9.17) is 28.8 Å². The molecule has 1 aliphatic rings. The molecular formula is C28H40B2F2N2O8. The lowest BCUT2D eigenvalue weighted by molar-refractivity contribution is 0.00578. The molecule has 0 spiro atoms. The topological polar surface area (TPSA) is 136 Å². The highest BCUT2D eigenvalue weighted by Crippen LogP contribution is 2.36. The number of anilines is 2. The van der Waals surface area contributed by atoms with Crippen molar-refractivity contribution in [3.05, 3.63) is 48.0 Å². The van der Waals surface area contributed by atoms with Crippen LogP contribution in [-0.4, -0.2) is 58.9 Å². The Balaban J connectivity index is 0.000000307. The Hall–Kier alpha value is -3.19. The van der Waals surface area contributed by atoms with E-state index in [1.54, 1.807) is 53.7 Å². The van der Waals surface area contributed by atoms with Crippen LogP contribution in [0.15, 0.2) is 36.4 Å². The molecule has 42 heavy (non-hydrogen) atoms. The van der Waals surface area contributed by atoms with Gasteiger partial charge < -0.3 is 28.8 Å². The van der Waals surface area contributed by atoms with E-state index >= 15 is 0 Å². The second-order valence-electron chi connectivity index (χ2n) is 12.7. The monoisotopic (exact) mass is 592 g/mol. The zero-order valence-electron chi connectivity index (χ0n) is 25.7. The van der Waals surface area contributed by atoms with Crippen LogP contribution >= 0.6 is 0 Å². The van der Waals surface area contributed by atoms with Gasteiger partial charge in [0, 0.05) is 22.3 Å². The number of hydrogen-bond donors (Lipinski definition) is 4. The maximum Gasteiger partial charge on any atom is 0.497 e. The Morgan fingerprint density at radius 3 is 1.55 bits per heavy atom. The fourth-order valence-corrected chi connectivity index (χ4v) is 3.42. The van der Waals surface area contributed by atoms with Gasteiger partial charge in [-0.3, -0.25) is 10.6 Å². The van der Waals surface area contributed by atoms with Crippen LogP contribution < -0.4 is 21.6 Å². The quantitative estimate of drug-likeness (QED) is 0.386. The minimum atomic E-state index is -1.89. The van der Waals surface area contributed by atoms with Gasteiger partial charge in [0.2, 0.25) is 0 Å². The Morgan fingerprint density at radius 1 is 0.786 bits per heavy atom. The maximum absolute atomic E-state index is 14.4. The zero-order chi connectivity index (χ0) is 32.3. The van der Waals surface area contributed by atoms with Crippen molar-refractivity contribution < 1.29 is 47.2 Å². The van der Waals surface area contributed by atoms with Crippen LogP contribution in [-0.2, 0) is 18.8 Å². The number of hydrogen-bond acceptors (Lipinski definition) is 8. The van der Waals surface area contributed by atoms with Crippen molar-refractivity contribution in [2.24, 2.45) is 0 Å². The molecule has 10 nitrogen and oxygen atoms in total. The molecule has 1 fully saturated rings. The van der Waals surface area contributed by atoms with E-state index in [-0.39, 0.29) is 11.2 Å². The third kappa shape index (κ3) is 10.3. The average Bonchev–Trinajstić information content (AvgIpc) is 2.97. The smallest absolute Gasteiger partial charge is 0.444 e. The second kappa shape index (κ2) is 13.0. The number of amides is 2. The normalized spacial score (nSPS) is 15.7. The summed E-state index contributed by atoms with van der Waals surface area (Å²) < 4.78 is 49.6. The molecule has 0 radical (unpaired) electrons. The predicted molar refractivity (Wildman–Crippen MR) is 158 cm³/mol. The number of carbonyl (C=O) groups excluding carboxylic acids is 2. The summed E-state index contributed by atoms with van der Waals surface area (Å²) in [5.74, 6) is -1.33. The molecule has 2 amide bonds. The molecule has 1 heterocycles. The van der Waals surface area contributed by atoms with E-state index in [1.165, 1.54) is 18.2 Å². The molecule has 230 valence electrons. The molecule has 4 N–H and O–H groups in total. The minimum Gasteiger partial charge on any atom is -0.444 e. The van der Waals surface area contributed by atoms with Gasteiger partial charge in [0.15, 0.2) is 0 Å². The average molecular weight is 592 g/mol. The van der Waals surface area contributed by atoms with Crippen LogP contribution in [0.3, 0.4) is 0 Å². The first-order valence-electron chi connectivity index (χ1n) is 13.3. The molecule has 0 atom stereocenters. The Kier molecular flexibility index (Phi) is 10.8. The van der Waals surface area contributed by atoms with Gasteiger partial charge in [-0.2, -0.15) is 0 Å². The van der Waals surface area contributed by atoms with Gasteiger partial charge >= 0.3 is 26.4 Å². The molecule has 1 saturated heterocycles. The molecule has 0 aromatic heterocycles. The molecule has 0 saturated carbocycles. The highest BCUT2D eigenvalue weighted by molar-refractivity contribution is 6.62. The summed E-state index contributed by atoms with van der Waals surface area (Å²) >= 11 is 0. The van der Waals surface area contributed by atoms with Crippen LogP contribution in [0.4, 0.5) is 29.7 Å². The number of halogens is 2. The Bertz CT molecular complexity index is 1260. The van der Waals surface area contributed by atoms with Crippen molar-refractivity contribution in [1.82, 2.24) is 0 Å². The van der Waals surface area contributed by atoms with Crippen molar-refractivity contribution in [2.75, 3.05) is 10.6 Å². The zero-order valence-corrected chi connectivity index (χ0v) is 25.7. The highest BCUT2D eigenvalue weighted by Gasteiger charge is 2.52. The van der Waals surface area contributed by atoms with Crippen LogP contribution in [0.1, 0.15) is 69.2 Å². The lowest BCUT2D eigenvalue weighted by atomic mass is 9.78. The van der Waals surface area contributed by atoms with Gasteiger partial charge in [0.1, 0.15) is 22.8 Å². The first-order valence-corrected chi connectivity index (χ1v) is 13.3. The lowest BCUT2D eigenvalue weighted by Crippen LogP contribution is -2.41. The first kappa shape index (κ1) is 35.0. The summed E-state index contributed by atoms with van der Waals surface area (Å²) in [6, 6.07) is 7.87. The number of ether oxygens (including phenoxy) is 2.